The fourth-order valence-electron chi connectivity index (χ4n) is 2.88. The van der Waals surface area contributed by atoms with Crippen LogP contribution in [0.2, 0.25) is 0 Å². The largest absolute Gasteiger partial charge is 0.482 e. The molecule has 0 aromatic heterocycles. The smallest absolute Gasteiger partial charge is 0.410 e. The third-order valence-electron chi connectivity index (χ3n) is 3.95. The highest BCUT2D eigenvalue weighted by Gasteiger charge is 2.31. The average Bonchev–Trinajstić information content (AvgIpc) is 2.94. The number of amides is 2. The van der Waals surface area contributed by atoms with E-state index in [2.05, 4.69) is 5.32 Å². The van der Waals surface area contributed by atoms with Crippen molar-refractivity contribution in [2.24, 2.45) is 0 Å². The second kappa shape index (κ2) is 5.76. The van der Waals surface area contributed by atoms with Crippen LogP contribution in [-0.2, 0) is 9.53 Å². The van der Waals surface area contributed by atoms with Crippen molar-refractivity contribution in [2.75, 3.05) is 25.0 Å². The SMILES string of the molecule is CC(C)(C)OC(=O)N1CCC(c2ccc3c(c2)NC(=O)CO3)C1. The molecular formula is C17H22N2O4. The molecule has 1 N–H and O–H groups in total. The molecule has 0 saturated carbocycles. The Morgan fingerprint density at radius 1 is 1.39 bits per heavy atom. The van der Waals surface area contributed by atoms with Gasteiger partial charge in [0.1, 0.15) is 11.4 Å². The van der Waals surface area contributed by atoms with Crippen molar-refractivity contribution in [3.8, 4) is 5.75 Å². The lowest BCUT2D eigenvalue weighted by Gasteiger charge is -2.24. The number of nitrogens with one attached hydrogen (secondary N) is 1. The van der Waals surface area contributed by atoms with E-state index in [1.165, 1.54) is 0 Å². The number of benzene rings is 1. The van der Waals surface area contributed by atoms with Gasteiger partial charge in [-0.1, -0.05) is 6.07 Å². The first kappa shape index (κ1) is 15.6. The second-order valence-corrected chi connectivity index (χ2v) is 7.00. The van der Waals surface area contributed by atoms with Gasteiger partial charge in [-0.3, -0.25) is 4.79 Å². The van der Waals surface area contributed by atoms with Crippen molar-refractivity contribution >= 4 is 17.7 Å². The maximum Gasteiger partial charge on any atom is 0.410 e. The zero-order valence-corrected chi connectivity index (χ0v) is 13.7. The van der Waals surface area contributed by atoms with E-state index in [-0.39, 0.29) is 24.5 Å². The van der Waals surface area contributed by atoms with Crippen molar-refractivity contribution in [2.45, 2.75) is 38.7 Å². The van der Waals surface area contributed by atoms with Gasteiger partial charge in [0.15, 0.2) is 6.61 Å². The molecule has 6 nitrogen and oxygen atoms in total. The summed E-state index contributed by atoms with van der Waals surface area (Å²) in [4.78, 5) is 25.3. The zero-order chi connectivity index (χ0) is 16.6. The summed E-state index contributed by atoms with van der Waals surface area (Å²) in [6.45, 7) is 6.96. The van der Waals surface area contributed by atoms with Crippen molar-refractivity contribution in [1.29, 1.82) is 0 Å². The third kappa shape index (κ3) is 3.57. The number of hydrogen-bond acceptors (Lipinski definition) is 4. The Balaban J connectivity index is 1.68. The molecule has 1 aromatic carbocycles. The van der Waals surface area contributed by atoms with E-state index in [4.69, 9.17) is 9.47 Å². The van der Waals surface area contributed by atoms with Crippen LogP contribution in [0.1, 0.15) is 38.7 Å². The predicted octanol–water partition coefficient (Wildman–Crippen LogP) is 2.74. The van der Waals surface area contributed by atoms with Crippen molar-refractivity contribution < 1.29 is 19.1 Å². The van der Waals surface area contributed by atoms with Gasteiger partial charge in [0.2, 0.25) is 0 Å². The summed E-state index contributed by atoms with van der Waals surface area (Å²) in [5.41, 5.74) is 1.32. The van der Waals surface area contributed by atoms with Crippen LogP contribution in [0.5, 0.6) is 5.75 Å². The number of carbonyl (C=O) groups is 2. The molecule has 0 radical (unpaired) electrons. The Hall–Kier alpha value is -2.24. The molecular weight excluding hydrogens is 296 g/mol. The lowest BCUT2D eigenvalue weighted by Crippen LogP contribution is -2.35. The van der Waals surface area contributed by atoms with Crippen LogP contribution in [0.4, 0.5) is 10.5 Å². The fraction of sp³-hybridized carbons (Fsp3) is 0.529. The van der Waals surface area contributed by atoms with Gasteiger partial charge < -0.3 is 19.7 Å². The van der Waals surface area contributed by atoms with E-state index in [0.717, 1.165) is 12.0 Å². The molecule has 2 heterocycles. The van der Waals surface area contributed by atoms with Crippen LogP contribution in [-0.4, -0.2) is 42.2 Å². The number of fused-ring (bicyclic) bond motifs is 1. The molecule has 2 amide bonds. The van der Waals surface area contributed by atoms with Gasteiger partial charge in [-0.25, -0.2) is 4.79 Å². The lowest BCUT2D eigenvalue weighted by molar-refractivity contribution is -0.118. The van der Waals surface area contributed by atoms with Crippen LogP contribution in [0.3, 0.4) is 0 Å². The summed E-state index contributed by atoms with van der Waals surface area (Å²) >= 11 is 0. The summed E-state index contributed by atoms with van der Waals surface area (Å²) in [7, 11) is 0. The monoisotopic (exact) mass is 318 g/mol. The van der Waals surface area contributed by atoms with Crippen LogP contribution in [0.15, 0.2) is 18.2 Å². The number of likely N-dealkylation sites (tertiary alicyclic amines) is 1. The van der Waals surface area contributed by atoms with Gasteiger partial charge in [0.05, 0.1) is 5.69 Å². The minimum atomic E-state index is -0.484. The predicted molar refractivity (Wildman–Crippen MR) is 85.7 cm³/mol. The summed E-state index contributed by atoms with van der Waals surface area (Å²) in [6, 6.07) is 5.81. The van der Waals surface area contributed by atoms with Crippen LogP contribution < -0.4 is 10.1 Å². The molecule has 0 aliphatic carbocycles. The number of ether oxygens (including phenoxy) is 2. The van der Waals surface area contributed by atoms with Crippen LogP contribution >= 0.6 is 0 Å². The third-order valence-corrected chi connectivity index (χ3v) is 3.95. The number of rotatable bonds is 1. The molecule has 0 spiro atoms. The van der Waals surface area contributed by atoms with Crippen molar-refractivity contribution in [3.63, 3.8) is 0 Å². The first-order valence-electron chi connectivity index (χ1n) is 7.86. The van der Waals surface area contributed by atoms with E-state index in [9.17, 15) is 9.59 Å². The highest BCUT2D eigenvalue weighted by molar-refractivity contribution is 5.95. The molecule has 2 aliphatic heterocycles. The molecule has 3 rings (SSSR count). The summed E-state index contributed by atoms with van der Waals surface area (Å²) < 4.78 is 10.8. The van der Waals surface area contributed by atoms with E-state index in [0.29, 0.717) is 24.5 Å². The highest BCUT2D eigenvalue weighted by Crippen LogP contribution is 2.34. The van der Waals surface area contributed by atoms with Gasteiger partial charge in [0, 0.05) is 19.0 Å². The van der Waals surface area contributed by atoms with Gasteiger partial charge in [-0.15, -0.1) is 0 Å². The number of nitrogens with zero attached hydrogens (tertiary/aromatic N) is 1. The van der Waals surface area contributed by atoms with Gasteiger partial charge >= 0.3 is 6.09 Å². The fourth-order valence-corrected chi connectivity index (χ4v) is 2.88. The minimum Gasteiger partial charge on any atom is -0.482 e. The standard InChI is InChI=1S/C17H22N2O4/c1-17(2,3)23-16(21)19-7-6-12(9-19)11-4-5-14-13(8-11)18-15(20)10-22-14/h4-5,8,12H,6-7,9-10H2,1-3H3,(H,18,20). The quantitative estimate of drug-likeness (QED) is 0.864. The lowest BCUT2D eigenvalue weighted by atomic mass is 9.97. The summed E-state index contributed by atoms with van der Waals surface area (Å²) in [5.74, 6) is 0.790. The van der Waals surface area contributed by atoms with E-state index >= 15 is 0 Å². The molecule has 23 heavy (non-hydrogen) atoms. The second-order valence-electron chi connectivity index (χ2n) is 7.00. The highest BCUT2D eigenvalue weighted by atomic mass is 16.6. The minimum absolute atomic E-state index is 0.0577. The molecule has 124 valence electrons. The van der Waals surface area contributed by atoms with Crippen LogP contribution in [0.25, 0.3) is 0 Å². The van der Waals surface area contributed by atoms with E-state index < -0.39 is 5.60 Å². The summed E-state index contributed by atoms with van der Waals surface area (Å²) in [5, 5.41) is 2.82. The Kier molecular flexibility index (Phi) is 3.92. The Morgan fingerprint density at radius 3 is 2.91 bits per heavy atom. The average molecular weight is 318 g/mol. The molecule has 1 unspecified atom stereocenters. The number of carbonyl (C=O) groups excluding carboxylic acids is 2. The maximum atomic E-state index is 12.1. The maximum absolute atomic E-state index is 12.1. The van der Waals surface area contributed by atoms with Crippen molar-refractivity contribution in [1.82, 2.24) is 4.90 Å². The Morgan fingerprint density at radius 2 is 2.17 bits per heavy atom. The molecule has 1 saturated heterocycles. The number of anilines is 1. The Bertz CT molecular complexity index is 636. The molecule has 0 bridgehead atoms. The zero-order valence-electron chi connectivity index (χ0n) is 13.7. The van der Waals surface area contributed by atoms with E-state index in [1.54, 1.807) is 4.90 Å². The van der Waals surface area contributed by atoms with Crippen LogP contribution in [0, 0.1) is 0 Å². The molecule has 1 atom stereocenters. The van der Waals surface area contributed by atoms with Gasteiger partial charge in [-0.2, -0.15) is 0 Å². The number of hydrogen-bond donors (Lipinski definition) is 1. The first-order valence-corrected chi connectivity index (χ1v) is 7.86. The topological polar surface area (TPSA) is 67.9 Å². The van der Waals surface area contributed by atoms with Gasteiger partial charge in [-0.05, 0) is 44.9 Å². The molecule has 1 fully saturated rings. The molecule has 1 aromatic rings. The first-order chi connectivity index (χ1) is 10.8. The molecule has 6 heteroatoms. The molecule has 2 aliphatic rings. The van der Waals surface area contributed by atoms with Gasteiger partial charge in [0.25, 0.3) is 5.91 Å². The normalized spacial score (nSPS) is 20.6. The summed E-state index contributed by atoms with van der Waals surface area (Å²) in [6.07, 6.45) is 0.613. The van der Waals surface area contributed by atoms with Crippen molar-refractivity contribution in [3.05, 3.63) is 23.8 Å². The van der Waals surface area contributed by atoms with E-state index in [1.807, 2.05) is 39.0 Å². The Labute approximate surface area is 135 Å².